The van der Waals surface area contributed by atoms with E-state index >= 15 is 0 Å². The maximum absolute atomic E-state index is 5.45. The van der Waals surface area contributed by atoms with E-state index in [2.05, 4.69) is 62.1 Å². The third-order valence-electron chi connectivity index (χ3n) is 5.32. The summed E-state index contributed by atoms with van der Waals surface area (Å²) in [6, 6.07) is 14.2. The molecule has 3 aromatic rings. The van der Waals surface area contributed by atoms with Gasteiger partial charge in [-0.1, -0.05) is 6.58 Å². The Morgan fingerprint density at radius 2 is 1.84 bits per heavy atom. The second-order valence-corrected chi connectivity index (χ2v) is 7.21. The van der Waals surface area contributed by atoms with E-state index in [1.54, 1.807) is 18.7 Å². The molecule has 31 heavy (non-hydrogen) atoms. The summed E-state index contributed by atoms with van der Waals surface area (Å²) in [5.74, 6) is 0.693. The van der Waals surface area contributed by atoms with Crippen molar-refractivity contribution in [3.8, 4) is 11.3 Å². The van der Waals surface area contributed by atoms with E-state index in [4.69, 9.17) is 9.72 Å². The zero-order valence-corrected chi connectivity index (χ0v) is 17.0. The largest absolute Gasteiger partial charge is 0.378 e. The van der Waals surface area contributed by atoms with E-state index in [-0.39, 0.29) is 0 Å². The van der Waals surface area contributed by atoms with E-state index in [0.717, 1.165) is 60.2 Å². The SMILES string of the molecule is C=C=C1NC=Nc2cc(-c3ccncc3)nc(Nc3ccc(N4CCOCC4)cc3)c21. The highest BCUT2D eigenvalue weighted by atomic mass is 16.5. The van der Waals surface area contributed by atoms with Crippen molar-refractivity contribution in [1.29, 1.82) is 0 Å². The molecule has 1 saturated heterocycles. The van der Waals surface area contributed by atoms with Crippen LogP contribution in [0, 0.1) is 0 Å². The smallest absolute Gasteiger partial charge is 0.143 e. The Labute approximate surface area is 180 Å². The Bertz CT molecular complexity index is 1160. The number of hydrogen-bond acceptors (Lipinski definition) is 7. The molecule has 4 heterocycles. The number of rotatable bonds is 4. The third kappa shape index (κ3) is 3.92. The lowest BCUT2D eigenvalue weighted by Crippen LogP contribution is -2.36. The molecule has 2 aliphatic heterocycles. The highest BCUT2D eigenvalue weighted by Crippen LogP contribution is 2.37. The molecule has 1 aromatic carbocycles. The molecule has 2 aromatic heterocycles. The van der Waals surface area contributed by atoms with Gasteiger partial charge in [0.1, 0.15) is 5.82 Å². The molecule has 2 aliphatic rings. The molecule has 0 unspecified atom stereocenters. The van der Waals surface area contributed by atoms with Gasteiger partial charge in [0.05, 0.1) is 42.2 Å². The van der Waals surface area contributed by atoms with Gasteiger partial charge in [0.25, 0.3) is 0 Å². The van der Waals surface area contributed by atoms with Crippen LogP contribution in [0.2, 0.25) is 0 Å². The van der Waals surface area contributed by atoms with Gasteiger partial charge in [-0.2, -0.15) is 0 Å². The first-order valence-electron chi connectivity index (χ1n) is 10.2. The molecule has 0 bridgehead atoms. The fourth-order valence-corrected chi connectivity index (χ4v) is 3.73. The van der Waals surface area contributed by atoms with Crippen LogP contribution in [0.15, 0.2) is 72.2 Å². The zero-order valence-electron chi connectivity index (χ0n) is 17.0. The summed E-state index contributed by atoms with van der Waals surface area (Å²) in [6.45, 7) is 7.16. The first-order chi connectivity index (χ1) is 15.3. The minimum Gasteiger partial charge on any atom is -0.378 e. The van der Waals surface area contributed by atoms with Crippen LogP contribution in [0.3, 0.4) is 0 Å². The summed E-state index contributed by atoms with van der Waals surface area (Å²) < 4.78 is 5.45. The van der Waals surface area contributed by atoms with Crippen LogP contribution in [-0.2, 0) is 4.74 Å². The number of nitrogens with zero attached hydrogens (tertiary/aromatic N) is 4. The first-order valence-corrected chi connectivity index (χ1v) is 10.2. The highest BCUT2D eigenvalue weighted by Gasteiger charge is 2.20. The number of nitrogens with one attached hydrogen (secondary N) is 2. The molecule has 0 amide bonds. The van der Waals surface area contributed by atoms with Crippen molar-refractivity contribution in [2.45, 2.75) is 0 Å². The van der Waals surface area contributed by atoms with Gasteiger partial charge in [-0.25, -0.2) is 9.98 Å². The number of pyridine rings is 2. The van der Waals surface area contributed by atoms with Crippen molar-refractivity contribution in [3.05, 3.63) is 72.7 Å². The van der Waals surface area contributed by atoms with Crippen molar-refractivity contribution in [1.82, 2.24) is 15.3 Å². The number of morpholine rings is 1. The molecule has 2 N–H and O–H groups in total. The van der Waals surface area contributed by atoms with Gasteiger partial charge in [0, 0.05) is 42.4 Å². The van der Waals surface area contributed by atoms with Gasteiger partial charge in [0.2, 0.25) is 0 Å². The van der Waals surface area contributed by atoms with Crippen LogP contribution in [-0.4, -0.2) is 42.6 Å². The average Bonchev–Trinajstić information content (AvgIpc) is 2.85. The Balaban J connectivity index is 1.51. The molecule has 154 valence electrons. The Kier molecular flexibility index (Phi) is 5.19. The molecule has 0 saturated carbocycles. The molecule has 0 atom stereocenters. The number of benzene rings is 1. The molecule has 1 fully saturated rings. The van der Waals surface area contributed by atoms with Crippen LogP contribution >= 0.6 is 0 Å². The molecular weight excluding hydrogens is 388 g/mol. The van der Waals surface area contributed by atoms with Crippen molar-refractivity contribution < 1.29 is 4.74 Å². The molecule has 7 nitrogen and oxygen atoms in total. The van der Waals surface area contributed by atoms with Gasteiger partial charge < -0.3 is 20.3 Å². The second-order valence-electron chi connectivity index (χ2n) is 7.21. The Morgan fingerprint density at radius 1 is 1.06 bits per heavy atom. The van der Waals surface area contributed by atoms with E-state index in [9.17, 15) is 0 Å². The van der Waals surface area contributed by atoms with Crippen LogP contribution < -0.4 is 15.5 Å². The maximum Gasteiger partial charge on any atom is 0.143 e. The van der Waals surface area contributed by atoms with Gasteiger partial charge in [-0.3, -0.25) is 4.98 Å². The summed E-state index contributed by atoms with van der Waals surface area (Å²) in [5, 5.41) is 6.57. The average molecular weight is 410 g/mol. The monoisotopic (exact) mass is 410 g/mol. The number of aliphatic imine (C=N–C) groups is 1. The van der Waals surface area contributed by atoms with E-state index in [1.165, 1.54) is 5.69 Å². The second kappa shape index (κ2) is 8.44. The predicted octanol–water partition coefficient (Wildman–Crippen LogP) is 4.11. The van der Waals surface area contributed by atoms with Gasteiger partial charge in [0.15, 0.2) is 0 Å². The first kappa shape index (κ1) is 19.1. The standard InChI is InChI=1S/C24H22N6O/c1-2-20-23-22(27-16-26-20)15-21(17-7-9-25-10-8-17)29-24(23)28-18-3-5-19(6-4-18)30-11-13-31-14-12-30/h3-10,15-16H,1,11-14H2,(H,26,27)(H,28,29). The Morgan fingerprint density at radius 3 is 2.58 bits per heavy atom. The molecule has 0 spiro atoms. The molecular formula is C24H22N6O. The van der Waals surface area contributed by atoms with E-state index in [1.807, 2.05) is 18.2 Å². The lowest BCUT2D eigenvalue weighted by Gasteiger charge is -2.29. The Hall–Kier alpha value is -3.93. The van der Waals surface area contributed by atoms with E-state index < -0.39 is 0 Å². The van der Waals surface area contributed by atoms with E-state index in [0.29, 0.717) is 5.82 Å². The lowest BCUT2D eigenvalue weighted by atomic mass is 10.1. The number of hydrogen-bond donors (Lipinski definition) is 2. The normalized spacial score (nSPS) is 15.1. The topological polar surface area (TPSA) is 74.7 Å². The lowest BCUT2D eigenvalue weighted by molar-refractivity contribution is 0.122. The van der Waals surface area contributed by atoms with Crippen LogP contribution in [0.5, 0.6) is 0 Å². The summed E-state index contributed by atoms with van der Waals surface area (Å²) in [7, 11) is 0. The van der Waals surface area contributed by atoms with Gasteiger partial charge in [-0.05, 0) is 42.5 Å². The molecule has 0 radical (unpaired) electrons. The van der Waals surface area contributed by atoms with Gasteiger partial charge in [-0.15, -0.1) is 5.73 Å². The predicted molar refractivity (Wildman–Crippen MR) is 124 cm³/mol. The number of aromatic nitrogens is 2. The third-order valence-corrected chi connectivity index (χ3v) is 5.32. The maximum atomic E-state index is 5.45. The van der Waals surface area contributed by atoms with Crippen LogP contribution in [0.1, 0.15) is 5.56 Å². The quantitative estimate of drug-likeness (QED) is 0.631. The highest BCUT2D eigenvalue weighted by molar-refractivity contribution is 5.93. The summed E-state index contributed by atoms with van der Waals surface area (Å²) in [4.78, 5) is 15.8. The summed E-state index contributed by atoms with van der Waals surface area (Å²) in [6.07, 6.45) is 5.16. The molecule has 0 aliphatic carbocycles. The fourth-order valence-electron chi connectivity index (χ4n) is 3.73. The van der Waals surface area contributed by atoms with Crippen LogP contribution in [0.25, 0.3) is 17.0 Å². The minimum absolute atomic E-state index is 0.693. The van der Waals surface area contributed by atoms with Crippen molar-refractivity contribution >= 4 is 34.9 Å². The fraction of sp³-hybridized carbons (Fsp3) is 0.167. The van der Waals surface area contributed by atoms with Crippen LogP contribution in [0.4, 0.5) is 22.9 Å². The van der Waals surface area contributed by atoms with Crippen molar-refractivity contribution in [2.24, 2.45) is 4.99 Å². The van der Waals surface area contributed by atoms with Gasteiger partial charge >= 0.3 is 0 Å². The van der Waals surface area contributed by atoms with Crippen molar-refractivity contribution in [2.75, 3.05) is 36.5 Å². The molecule has 5 rings (SSSR count). The summed E-state index contributed by atoms with van der Waals surface area (Å²) >= 11 is 0. The summed E-state index contributed by atoms with van der Waals surface area (Å²) in [5.41, 5.74) is 9.26. The zero-order chi connectivity index (χ0) is 21.0. The van der Waals surface area contributed by atoms with Crippen molar-refractivity contribution in [3.63, 3.8) is 0 Å². The minimum atomic E-state index is 0.693. The number of fused-ring (bicyclic) bond motifs is 1. The number of anilines is 3. The number of ether oxygens (including phenoxy) is 1. The molecule has 7 heteroatoms.